The monoisotopic (exact) mass is 327 g/mol. The second-order valence-electron chi connectivity index (χ2n) is 6.58. The van der Waals surface area contributed by atoms with Crippen molar-refractivity contribution in [1.82, 2.24) is 20.1 Å². The number of hydrogen-bond acceptors (Lipinski definition) is 4. The van der Waals surface area contributed by atoms with Gasteiger partial charge in [-0.1, -0.05) is 49.6 Å². The predicted octanol–water partition coefficient (Wildman–Crippen LogP) is 2.12. The van der Waals surface area contributed by atoms with Gasteiger partial charge in [-0.25, -0.2) is 4.98 Å². The van der Waals surface area contributed by atoms with Crippen LogP contribution >= 0.6 is 0 Å². The molecule has 0 radical (unpaired) electrons. The van der Waals surface area contributed by atoms with Gasteiger partial charge >= 0.3 is 0 Å². The van der Waals surface area contributed by atoms with E-state index in [0.717, 1.165) is 5.56 Å². The van der Waals surface area contributed by atoms with Gasteiger partial charge in [0, 0.05) is 13.5 Å². The molecule has 1 fully saturated rings. The fraction of sp³-hybridized carbons (Fsp3) is 0.500. The third kappa shape index (κ3) is 3.48. The van der Waals surface area contributed by atoms with Crippen LogP contribution in [0.5, 0.6) is 0 Å². The lowest BCUT2D eigenvalue weighted by atomic mass is 9.74. The van der Waals surface area contributed by atoms with E-state index in [1.807, 2.05) is 37.4 Å². The number of benzene rings is 1. The molecule has 1 aliphatic carbocycles. The maximum absolute atomic E-state index is 12.9. The molecule has 24 heavy (non-hydrogen) atoms. The maximum atomic E-state index is 12.9. The van der Waals surface area contributed by atoms with E-state index in [2.05, 4.69) is 15.2 Å². The number of hydrogen-bond donors (Lipinski definition) is 2. The van der Waals surface area contributed by atoms with Crippen LogP contribution in [0, 0.1) is 11.8 Å². The Bertz CT molecular complexity index is 639. The molecule has 1 saturated carbocycles. The van der Waals surface area contributed by atoms with E-state index in [0.29, 0.717) is 24.7 Å². The van der Waals surface area contributed by atoms with Gasteiger partial charge in [0.1, 0.15) is 12.4 Å². The van der Waals surface area contributed by atoms with Gasteiger partial charge in [0.15, 0.2) is 5.82 Å². The number of aromatic nitrogens is 3. The minimum atomic E-state index is -0.263. The average Bonchev–Trinajstić information content (AvgIpc) is 3.07. The minimum absolute atomic E-state index is 0.0996. The summed E-state index contributed by atoms with van der Waals surface area (Å²) in [7, 11) is 1.83. The first-order valence-electron chi connectivity index (χ1n) is 8.56. The van der Waals surface area contributed by atoms with Crippen molar-refractivity contribution in [3.63, 3.8) is 0 Å². The van der Waals surface area contributed by atoms with E-state index in [-0.39, 0.29) is 17.9 Å². The normalized spacial score (nSPS) is 17.1. The molecule has 1 aromatic carbocycles. The fourth-order valence-corrected chi connectivity index (χ4v) is 3.41. The first-order valence-corrected chi connectivity index (χ1v) is 8.56. The summed E-state index contributed by atoms with van der Waals surface area (Å²) >= 11 is 0. The maximum Gasteiger partial charge on any atom is 0.223 e. The number of carbonyl (C=O) groups excluding carboxylic acids is 1. The van der Waals surface area contributed by atoms with Crippen molar-refractivity contribution in [2.45, 2.75) is 31.7 Å². The highest BCUT2D eigenvalue weighted by molar-refractivity contribution is 5.77. The topological polar surface area (TPSA) is 87.9 Å². The Morgan fingerprint density at radius 2 is 2.12 bits per heavy atom. The molecule has 0 spiro atoms. The molecule has 6 heteroatoms. The number of rotatable bonds is 7. The molecule has 6 nitrogen and oxygen atoms in total. The molecule has 0 saturated heterocycles. The highest BCUT2D eigenvalue weighted by Gasteiger charge is 2.31. The van der Waals surface area contributed by atoms with Crippen molar-refractivity contribution in [1.29, 1.82) is 0 Å². The van der Waals surface area contributed by atoms with E-state index >= 15 is 0 Å². The second-order valence-corrected chi connectivity index (χ2v) is 6.58. The summed E-state index contributed by atoms with van der Waals surface area (Å²) in [5.74, 6) is 1.65. The Morgan fingerprint density at radius 3 is 2.67 bits per heavy atom. The van der Waals surface area contributed by atoms with Gasteiger partial charge in [-0.2, -0.15) is 5.10 Å². The van der Waals surface area contributed by atoms with E-state index in [1.165, 1.54) is 25.6 Å². The molecule has 0 bridgehead atoms. The van der Waals surface area contributed by atoms with Gasteiger partial charge in [0.05, 0.1) is 0 Å². The van der Waals surface area contributed by atoms with Gasteiger partial charge in [-0.15, -0.1) is 0 Å². The third-order valence-corrected chi connectivity index (χ3v) is 5.14. The van der Waals surface area contributed by atoms with Crippen molar-refractivity contribution in [2.75, 3.05) is 13.6 Å². The van der Waals surface area contributed by atoms with Crippen LogP contribution in [0.1, 0.15) is 43.1 Å². The highest BCUT2D eigenvalue weighted by Crippen LogP contribution is 2.35. The Labute approximate surface area is 142 Å². The molecule has 1 heterocycles. The quantitative estimate of drug-likeness (QED) is 0.815. The lowest BCUT2D eigenvalue weighted by Gasteiger charge is -2.34. The molecule has 1 amide bonds. The lowest BCUT2D eigenvalue weighted by Crippen LogP contribution is -2.37. The van der Waals surface area contributed by atoms with Crippen LogP contribution in [0.3, 0.4) is 0 Å². The summed E-state index contributed by atoms with van der Waals surface area (Å²) in [5.41, 5.74) is 6.93. The molecule has 3 rings (SSSR count). The van der Waals surface area contributed by atoms with E-state index in [1.54, 1.807) is 4.90 Å². The largest absolute Gasteiger partial charge is 0.331 e. The Kier molecular flexibility index (Phi) is 5.25. The third-order valence-electron chi connectivity index (χ3n) is 5.14. The van der Waals surface area contributed by atoms with Crippen LogP contribution < -0.4 is 5.73 Å². The van der Waals surface area contributed by atoms with E-state index in [9.17, 15) is 4.79 Å². The van der Waals surface area contributed by atoms with E-state index in [4.69, 9.17) is 5.73 Å². The average molecular weight is 327 g/mol. The van der Waals surface area contributed by atoms with Crippen LogP contribution in [-0.4, -0.2) is 39.6 Å². The van der Waals surface area contributed by atoms with Crippen molar-refractivity contribution in [2.24, 2.45) is 17.6 Å². The number of nitrogens with two attached hydrogens (primary N) is 1. The molecule has 2 atom stereocenters. The van der Waals surface area contributed by atoms with Gasteiger partial charge < -0.3 is 10.6 Å². The van der Waals surface area contributed by atoms with Crippen molar-refractivity contribution in [3.8, 4) is 0 Å². The van der Waals surface area contributed by atoms with E-state index < -0.39 is 0 Å². The Balaban J connectivity index is 1.78. The summed E-state index contributed by atoms with van der Waals surface area (Å²) in [6.45, 7) is 0.572. The van der Waals surface area contributed by atoms with Crippen molar-refractivity contribution < 1.29 is 4.79 Å². The molecule has 1 aliphatic rings. The number of amides is 1. The predicted molar refractivity (Wildman–Crippen MR) is 91.9 cm³/mol. The zero-order chi connectivity index (χ0) is 16.9. The SMILES string of the molecule is CN(C(=O)CC(CN)C1CCC1)C(c1ccccc1)c1ncn[nH]1. The van der Waals surface area contributed by atoms with Crippen molar-refractivity contribution in [3.05, 3.63) is 48.0 Å². The summed E-state index contributed by atoms with van der Waals surface area (Å²) in [6.07, 6.45) is 5.62. The molecule has 1 aromatic heterocycles. The van der Waals surface area contributed by atoms with Crippen molar-refractivity contribution >= 4 is 5.91 Å². The molecular formula is C18H25N5O. The molecule has 2 aromatic rings. The fourth-order valence-electron chi connectivity index (χ4n) is 3.41. The minimum Gasteiger partial charge on any atom is -0.331 e. The summed E-state index contributed by atoms with van der Waals surface area (Å²) in [6, 6.07) is 9.64. The Hall–Kier alpha value is -2.21. The number of carbonyl (C=O) groups is 1. The van der Waals surface area contributed by atoms with Crippen LogP contribution in [0.4, 0.5) is 0 Å². The van der Waals surface area contributed by atoms with Crippen LogP contribution in [0.25, 0.3) is 0 Å². The smallest absolute Gasteiger partial charge is 0.223 e. The van der Waals surface area contributed by atoms with Gasteiger partial charge in [-0.05, 0) is 23.9 Å². The molecular weight excluding hydrogens is 302 g/mol. The Morgan fingerprint density at radius 1 is 1.38 bits per heavy atom. The molecule has 2 unspecified atom stereocenters. The summed E-state index contributed by atoms with van der Waals surface area (Å²) in [4.78, 5) is 18.9. The number of aromatic amines is 1. The van der Waals surface area contributed by atoms with Crippen LogP contribution in [0.15, 0.2) is 36.7 Å². The highest BCUT2D eigenvalue weighted by atomic mass is 16.2. The van der Waals surface area contributed by atoms with Gasteiger partial charge in [-0.3, -0.25) is 9.89 Å². The standard InChI is InChI=1S/C18H25N5O/c1-23(16(24)10-15(11-19)13-8-5-9-13)17(18-20-12-21-22-18)14-6-3-2-4-7-14/h2-4,6-7,12-13,15,17H,5,8-11,19H2,1H3,(H,20,21,22). The molecule has 128 valence electrons. The van der Waals surface area contributed by atoms with Gasteiger partial charge in [0.25, 0.3) is 0 Å². The number of nitrogens with one attached hydrogen (secondary N) is 1. The number of H-pyrrole nitrogens is 1. The first-order chi connectivity index (χ1) is 11.7. The molecule has 3 N–H and O–H groups in total. The molecule has 0 aliphatic heterocycles. The number of nitrogens with zero attached hydrogens (tertiary/aromatic N) is 3. The van der Waals surface area contributed by atoms with Crippen LogP contribution in [0.2, 0.25) is 0 Å². The van der Waals surface area contributed by atoms with Crippen LogP contribution in [-0.2, 0) is 4.79 Å². The second kappa shape index (κ2) is 7.57. The zero-order valence-corrected chi connectivity index (χ0v) is 14.1. The van der Waals surface area contributed by atoms with Gasteiger partial charge in [0.2, 0.25) is 5.91 Å². The zero-order valence-electron chi connectivity index (χ0n) is 14.1. The first kappa shape index (κ1) is 16.6. The lowest BCUT2D eigenvalue weighted by molar-refractivity contribution is -0.133. The summed E-state index contributed by atoms with van der Waals surface area (Å²) < 4.78 is 0. The summed E-state index contributed by atoms with van der Waals surface area (Å²) in [5, 5.41) is 6.85.